The largest absolute Gasteiger partial charge is 0.497 e. The number of hydrogen-bond donors (Lipinski definition) is 1. The van der Waals surface area contributed by atoms with E-state index >= 15 is 0 Å². The van der Waals surface area contributed by atoms with Gasteiger partial charge in [-0.2, -0.15) is 0 Å². The van der Waals surface area contributed by atoms with Crippen LogP contribution in [0.15, 0.2) is 46.9 Å². The Morgan fingerprint density at radius 2 is 1.77 bits per heavy atom. The molecule has 1 saturated carbocycles. The van der Waals surface area contributed by atoms with Crippen molar-refractivity contribution in [2.24, 2.45) is 5.92 Å². The average molecular weight is 547 g/mol. The van der Waals surface area contributed by atoms with E-state index in [2.05, 4.69) is 43.2 Å². The highest BCUT2D eigenvalue weighted by Crippen LogP contribution is 2.26. The SMILES string of the molecule is COc1ccc(Br)c(CN2CCN(CCC(CNCC3CCCCC3)c3ccccc3F)CC2)c1. The predicted molar refractivity (Wildman–Crippen MR) is 146 cm³/mol. The molecule has 1 heterocycles. The van der Waals surface area contributed by atoms with Crippen LogP contribution in [-0.2, 0) is 6.54 Å². The van der Waals surface area contributed by atoms with Gasteiger partial charge in [0, 0.05) is 49.7 Å². The molecule has 1 N–H and O–H groups in total. The third kappa shape index (κ3) is 8.01. The summed E-state index contributed by atoms with van der Waals surface area (Å²) in [4.78, 5) is 5.06. The van der Waals surface area contributed by atoms with E-state index in [9.17, 15) is 4.39 Å². The van der Waals surface area contributed by atoms with Crippen LogP contribution in [0.25, 0.3) is 0 Å². The molecule has 1 aliphatic carbocycles. The minimum absolute atomic E-state index is 0.0642. The van der Waals surface area contributed by atoms with Gasteiger partial charge < -0.3 is 15.0 Å². The van der Waals surface area contributed by atoms with Crippen molar-refractivity contribution in [1.82, 2.24) is 15.1 Å². The molecule has 0 aromatic heterocycles. The molecular weight excluding hydrogens is 505 g/mol. The lowest BCUT2D eigenvalue weighted by molar-refractivity contribution is 0.124. The molecule has 2 aliphatic rings. The number of halogens is 2. The number of nitrogens with one attached hydrogen (secondary N) is 1. The monoisotopic (exact) mass is 545 g/mol. The van der Waals surface area contributed by atoms with E-state index in [-0.39, 0.29) is 11.7 Å². The Hall–Kier alpha value is -1.47. The predicted octanol–water partition coefficient (Wildman–Crippen LogP) is 6.06. The van der Waals surface area contributed by atoms with Crippen LogP contribution in [0.3, 0.4) is 0 Å². The average Bonchev–Trinajstić information content (AvgIpc) is 2.89. The quantitative estimate of drug-likeness (QED) is 0.371. The number of ether oxygens (including phenoxy) is 1. The van der Waals surface area contributed by atoms with E-state index in [1.54, 1.807) is 19.2 Å². The first-order valence-electron chi connectivity index (χ1n) is 13.3. The van der Waals surface area contributed by atoms with E-state index < -0.39 is 0 Å². The van der Waals surface area contributed by atoms with Crippen LogP contribution in [0, 0.1) is 11.7 Å². The molecule has 2 fully saturated rings. The maximum atomic E-state index is 14.7. The molecule has 0 radical (unpaired) electrons. The molecule has 2 aromatic carbocycles. The molecule has 1 atom stereocenters. The van der Waals surface area contributed by atoms with Crippen molar-refractivity contribution < 1.29 is 9.13 Å². The Balaban J connectivity index is 1.26. The highest BCUT2D eigenvalue weighted by atomic mass is 79.9. The van der Waals surface area contributed by atoms with E-state index in [0.29, 0.717) is 0 Å². The first-order valence-corrected chi connectivity index (χ1v) is 14.1. The summed E-state index contributed by atoms with van der Waals surface area (Å²) >= 11 is 3.68. The smallest absolute Gasteiger partial charge is 0.126 e. The summed E-state index contributed by atoms with van der Waals surface area (Å²) in [5, 5.41) is 3.71. The van der Waals surface area contributed by atoms with Gasteiger partial charge in [-0.3, -0.25) is 4.90 Å². The summed E-state index contributed by atoms with van der Waals surface area (Å²) in [7, 11) is 1.71. The number of nitrogens with zero attached hydrogens (tertiary/aromatic N) is 2. The summed E-state index contributed by atoms with van der Waals surface area (Å²) < 4.78 is 21.2. The molecule has 35 heavy (non-hydrogen) atoms. The number of piperazine rings is 1. The van der Waals surface area contributed by atoms with Crippen molar-refractivity contribution in [2.75, 3.05) is 52.9 Å². The molecule has 0 amide bonds. The van der Waals surface area contributed by atoms with Gasteiger partial charge in [0.05, 0.1) is 7.11 Å². The molecule has 192 valence electrons. The third-order valence-corrected chi connectivity index (χ3v) is 8.57. The van der Waals surface area contributed by atoms with E-state index in [1.165, 1.54) is 37.7 Å². The zero-order valence-electron chi connectivity index (χ0n) is 21.2. The molecule has 1 saturated heterocycles. The second kappa shape index (κ2) is 13.7. The van der Waals surface area contributed by atoms with Gasteiger partial charge in [-0.05, 0) is 73.7 Å². The molecule has 1 unspecified atom stereocenters. The van der Waals surface area contributed by atoms with E-state index in [4.69, 9.17) is 4.74 Å². The molecule has 2 aromatic rings. The zero-order valence-corrected chi connectivity index (χ0v) is 22.7. The second-order valence-electron chi connectivity index (χ2n) is 10.2. The molecule has 0 spiro atoms. The van der Waals surface area contributed by atoms with Crippen molar-refractivity contribution in [3.8, 4) is 5.75 Å². The fourth-order valence-corrected chi connectivity index (χ4v) is 5.95. The lowest BCUT2D eigenvalue weighted by Crippen LogP contribution is -2.46. The first-order chi connectivity index (χ1) is 17.1. The van der Waals surface area contributed by atoms with Gasteiger partial charge in [-0.15, -0.1) is 0 Å². The molecule has 1 aliphatic heterocycles. The molecule has 4 nitrogen and oxygen atoms in total. The van der Waals surface area contributed by atoms with Gasteiger partial charge in [0.1, 0.15) is 11.6 Å². The van der Waals surface area contributed by atoms with Crippen molar-refractivity contribution in [3.05, 3.63) is 63.9 Å². The van der Waals surface area contributed by atoms with Crippen LogP contribution in [0.1, 0.15) is 55.6 Å². The van der Waals surface area contributed by atoms with Gasteiger partial charge in [0.25, 0.3) is 0 Å². The van der Waals surface area contributed by atoms with E-state index in [0.717, 1.165) is 80.5 Å². The number of benzene rings is 2. The Bertz CT molecular complexity index is 913. The van der Waals surface area contributed by atoms with Crippen LogP contribution < -0.4 is 10.1 Å². The van der Waals surface area contributed by atoms with Crippen LogP contribution in [0.5, 0.6) is 5.75 Å². The van der Waals surface area contributed by atoms with Gasteiger partial charge in [0.2, 0.25) is 0 Å². The van der Waals surface area contributed by atoms with Crippen molar-refractivity contribution >= 4 is 15.9 Å². The van der Waals surface area contributed by atoms with Crippen molar-refractivity contribution in [2.45, 2.75) is 51.0 Å². The minimum atomic E-state index is -0.0642. The topological polar surface area (TPSA) is 27.7 Å². The maximum absolute atomic E-state index is 14.7. The molecule has 0 bridgehead atoms. The lowest BCUT2D eigenvalue weighted by Gasteiger charge is -2.35. The van der Waals surface area contributed by atoms with Crippen LogP contribution in [0.2, 0.25) is 0 Å². The Morgan fingerprint density at radius 1 is 1.03 bits per heavy atom. The number of methoxy groups -OCH3 is 1. The minimum Gasteiger partial charge on any atom is -0.497 e. The van der Waals surface area contributed by atoms with Crippen LogP contribution >= 0.6 is 15.9 Å². The standard InChI is InChI=1S/C29H41BrFN3O/c1-35-26-11-12-28(30)25(19-26)22-34-17-15-33(16-18-34)14-13-24(27-9-5-6-10-29(27)31)21-32-20-23-7-3-2-4-8-23/h5-6,9-12,19,23-24,32H,2-4,7-8,13-18,20-22H2,1H3. The Morgan fingerprint density at radius 3 is 2.51 bits per heavy atom. The number of rotatable bonds is 11. The maximum Gasteiger partial charge on any atom is 0.126 e. The number of hydrogen-bond acceptors (Lipinski definition) is 4. The summed E-state index contributed by atoms with van der Waals surface area (Å²) in [5.41, 5.74) is 2.13. The highest BCUT2D eigenvalue weighted by Gasteiger charge is 2.22. The summed E-state index contributed by atoms with van der Waals surface area (Å²) in [6.45, 7) is 8.09. The highest BCUT2D eigenvalue weighted by molar-refractivity contribution is 9.10. The van der Waals surface area contributed by atoms with Crippen molar-refractivity contribution in [3.63, 3.8) is 0 Å². The zero-order chi connectivity index (χ0) is 24.5. The van der Waals surface area contributed by atoms with Gasteiger partial charge in [0.15, 0.2) is 0 Å². The molecule has 6 heteroatoms. The molecule has 4 rings (SSSR count). The molecular formula is C29H41BrFN3O. The summed E-state index contributed by atoms with van der Waals surface area (Å²) in [6.07, 6.45) is 7.79. The van der Waals surface area contributed by atoms with Gasteiger partial charge in [-0.25, -0.2) is 4.39 Å². The van der Waals surface area contributed by atoms with Gasteiger partial charge in [-0.1, -0.05) is 53.4 Å². The van der Waals surface area contributed by atoms with E-state index in [1.807, 2.05) is 18.2 Å². The Labute approximate surface area is 219 Å². The lowest BCUT2D eigenvalue weighted by atomic mass is 9.89. The second-order valence-corrected chi connectivity index (χ2v) is 11.1. The first kappa shape index (κ1) is 26.6. The normalized spacial score (nSPS) is 19.1. The summed E-state index contributed by atoms with van der Waals surface area (Å²) in [6, 6.07) is 13.5. The fraction of sp³-hybridized carbons (Fsp3) is 0.586. The van der Waals surface area contributed by atoms with Crippen LogP contribution in [-0.4, -0.2) is 62.7 Å². The van der Waals surface area contributed by atoms with Gasteiger partial charge >= 0.3 is 0 Å². The van der Waals surface area contributed by atoms with Crippen molar-refractivity contribution in [1.29, 1.82) is 0 Å². The summed E-state index contributed by atoms with van der Waals surface area (Å²) in [5.74, 6) is 1.84. The van der Waals surface area contributed by atoms with Crippen LogP contribution in [0.4, 0.5) is 4.39 Å². The fourth-order valence-electron chi connectivity index (χ4n) is 5.58. The Kier molecular flexibility index (Phi) is 10.4. The third-order valence-electron chi connectivity index (χ3n) is 7.80.